The van der Waals surface area contributed by atoms with E-state index in [4.69, 9.17) is 16.3 Å². The van der Waals surface area contributed by atoms with Gasteiger partial charge in [-0.3, -0.25) is 10.1 Å². The molecule has 1 rings (SSSR count). The van der Waals surface area contributed by atoms with Crippen molar-refractivity contribution in [1.29, 1.82) is 0 Å². The summed E-state index contributed by atoms with van der Waals surface area (Å²) in [5.74, 6) is 0.467. The van der Waals surface area contributed by atoms with Gasteiger partial charge in [0, 0.05) is 12.1 Å². The van der Waals surface area contributed by atoms with Crippen LogP contribution in [0.25, 0.3) is 0 Å². The fraction of sp³-hybridized carbons (Fsp3) is 0.250. The summed E-state index contributed by atoms with van der Waals surface area (Å²) in [7, 11) is 0. The van der Waals surface area contributed by atoms with E-state index in [1.165, 1.54) is 18.2 Å². The average molecular weight is 202 g/mol. The number of ether oxygens (including phenoxy) is 1. The predicted octanol–water partition coefficient (Wildman–Crippen LogP) is 2.65. The molecule has 0 bridgehead atoms. The van der Waals surface area contributed by atoms with E-state index < -0.39 is 4.92 Å². The quantitative estimate of drug-likeness (QED) is 0.558. The van der Waals surface area contributed by atoms with E-state index in [2.05, 4.69) is 0 Å². The van der Waals surface area contributed by atoms with Gasteiger partial charge in [0.05, 0.1) is 16.6 Å². The highest BCUT2D eigenvalue weighted by atomic mass is 35.5. The Morgan fingerprint density at radius 3 is 2.77 bits per heavy atom. The maximum absolute atomic E-state index is 10.3. The van der Waals surface area contributed by atoms with E-state index in [1.54, 1.807) is 0 Å². The predicted molar refractivity (Wildman–Crippen MR) is 49.3 cm³/mol. The van der Waals surface area contributed by atoms with Crippen molar-refractivity contribution in [2.24, 2.45) is 0 Å². The van der Waals surface area contributed by atoms with Gasteiger partial charge < -0.3 is 4.74 Å². The van der Waals surface area contributed by atoms with Crippen LogP contribution in [0.5, 0.6) is 5.75 Å². The molecule has 0 spiro atoms. The molecule has 0 aliphatic heterocycles. The normalized spacial score (nSPS) is 9.69. The lowest BCUT2D eigenvalue weighted by molar-refractivity contribution is -0.384. The van der Waals surface area contributed by atoms with Crippen molar-refractivity contribution in [3.8, 4) is 5.75 Å². The summed E-state index contributed by atoms with van der Waals surface area (Å²) in [6.07, 6.45) is 0. The third-order valence-corrected chi connectivity index (χ3v) is 1.72. The van der Waals surface area contributed by atoms with Gasteiger partial charge in [0.25, 0.3) is 5.69 Å². The van der Waals surface area contributed by atoms with Gasteiger partial charge in [-0.1, -0.05) is 11.6 Å². The Kier molecular flexibility index (Phi) is 3.08. The second kappa shape index (κ2) is 4.09. The molecule has 1 aromatic carbocycles. The first-order valence-corrected chi connectivity index (χ1v) is 4.09. The second-order valence-electron chi connectivity index (χ2n) is 2.30. The molecule has 0 heterocycles. The molecular formula is C8H8ClNO3. The Bertz CT molecular complexity index is 327. The summed E-state index contributed by atoms with van der Waals surface area (Å²) in [4.78, 5) is 9.83. The fourth-order valence-corrected chi connectivity index (χ4v) is 1.11. The standard InChI is InChI=1S/C8H8ClNO3/c1-2-13-8-4-3-6(10(11)12)5-7(8)9/h3-5H,2H2,1H3. The van der Waals surface area contributed by atoms with Crippen LogP contribution in [-0.2, 0) is 0 Å². The summed E-state index contributed by atoms with van der Waals surface area (Å²) >= 11 is 5.72. The van der Waals surface area contributed by atoms with Crippen LogP contribution in [0.1, 0.15) is 6.92 Å². The molecule has 4 nitrogen and oxygen atoms in total. The molecule has 0 N–H and O–H groups in total. The molecule has 0 fully saturated rings. The second-order valence-corrected chi connectivity index (χ2v) is 2.71. The summed E-state index contributed by atoms with van der Waals surface area (Å²) < 4.78 is 5.12. The van der Waals surface area contributed by atoms with Gasteiger partial charge in [-0.2, -0.15) is 0 Å². The zero-order valence-electron chi connectivity index (χ0n) is 6.99. The summed E-state index contributed by atoms with van der Waals surface area (Å²) in [6.45, 7) is 2.30. The largest absolute Gasteiger partial charge is 0.492 e. The molecule has 0 saturated carbocycles. The van der Waals surface area contributed by atoms with Crippen LogP contribution in [0.2, 0.25) is 5.02 Å². The number of non-ortho nitro benzene ring substituents is 1. The van der Waals surface area contributed by atoms with E-state index in [9.17, 15) is 10.1 Å². The molecule has 13 heavy (non-hydrogen) atoms. The van der Waals surface area contributed by atoms with Crippen LogP contribution in [0.4, 0.5) is 5.69 Å². The highest BCUT2D eigenvalue weighted by Gasteiger charge is 2.09. The molecule has 0 amide bonds. The average Bonchev–Trinajstić information content (AvgIpc) is 2.08. The molecular weight excluding hydrogens is 194 g/mol. The Balaban J connectivity index is 2.98. The smallest absolute Gasteiger partial charge is 0.271 e. The van der Waals surface area contributed by atoms with Gasteiger partial charge in [0.15, 0.2) is 0 Å². The maximum Gasteiger partial charge on any atom is 0.271 e. The van der Waals surface area contributed by atoms with Gasteiger partial charge >= 0.3 is 0 Å². The van der Waals surface area contributed by atoms with Gasteiger partial charge in [-0.05, 0) is 13.0 Å². The lowest BCUT2D eigenvalue weighted by Gasteiger charge is -2.03. The van der Waals surface area contributed by atoms with Crippen LogP contribution in [-0.4, -0.2) is 11.5 Å². The van der Waals surface area contributed by atoms with Crippen molar-refractivity contribution < 1.29 is 9.66 Å². The zero-order valence-corrected chi connectivity index (χ0v) is 7.75. The summed E-state index contributed by atoms with van der Waals surface area (Å²) in [5.41, 5.74) is -0.0338. The number of nitrogens with zero attached hydrogens (tertiary/aromatic N) is 1. The van der Waals surface area contributed by atoms with Crippen molar-refractivity contribution in [2.75, 3.05) is 6.61 Å². The van der Waals surface area contributed by atoms with Crippen LogP contribution in [0, 0.1) is 10.1 Å². The Morgan fingerprint density at radius 2 is 2.31 bits per heavy atom. The zero-order chi connectivity index (χ0) is 9.84. The number of hydrogen-bond donors (Lipinski definition) is 0. The van der Waals surface area contributed by atoms with Gasteiger partial charge in [-0.15, -0.1) is 0 Å². The molecule has 0 aromatic heterocycles. The topological polar surface area (TPSA) is 52.4 Å². The van der Waals surface area contributed by atoms with Crippen LogP contribution in [0.15, 0.2) is 18.2 Å². The van der Waals surface area contributed by atoms with Crippen molar-refractivity contribution in [3.63, 3.8) is 0 Å². The maximum atomic E-state index is 10.3. The van der Waals surface area contributed by atoms with Crippen LogP contribution in [0.3, 0.4) is 0 Å². The number of rotatable bonds is 3. The van der Waals surface area contributed by atoms with Gasteiger partial charge in [0.1, 0.15) is 5.75 Å². The van der Waals surface area contributed by atoms with Crippen molar-refractivity contribution in [3.05, 3.63) is 33.3 Å². The Hall–Kier alpha value is -1.29. The Labute approximate surface area is 80.2 Å². The molecule has 5 heteroatoms. The number of hydrogen-bond acceptors (Lipinski definition) is 3. The minimum atomic E-state index is -0.498. The molecule has 0 saturated heterocycles. The van der Waals surface area contributed by atoms with E-state index in [-0.39, 0.29) is 10.7 Å². The minimum absolute atomic E-state index is 0.0338. The van der Waals surface area contributed by atoms with Gasteiger partial charge in [0.2, 0.25) is 0 Å². The Morgan fingerprint density at radius 1 is 1.62 bits per heavy atom. The van der Waals surface area contributed by atoms with E-state index in [0.717, 1.165) is 0 Å². The number of halogens is 1. The summed E-state index contributed by atoms with van der Waals surface area (Å²) in [5, 5.41) is 10.6. The van der Waals surface area contributed by atoms with E-state index in [1.807, 2.05) is 6.92 Å². The highest BCUT2D eigenvalue weighted by Crippen LogP contribution is 2.28. The molecule has 0 radical (unpaired) electrons. The highest BCUT2D eigenvalue weighted by molar-refractivity contribution is 6.32. The molecule has 0 atom stereocenters. The molecule has 0 unspecified atom stereocenters. The summed E-state index contributed by atoms with van der Waals surface area (Å²) in [6, 6.07) is 4.12. The molecule has 1 aromatic rings. The lowest BCUT2D eigenvalue weighted by Crippen LogP contribution is -1.93. The number of nitro groups is 1. The first-order chi connectivity index (χ1) is 6.15. The molecule has 70 valence electrons. The minimum Gasteiger partial charge on any atom is -0.492 e. The number of nitro benzene ring substituents is 1. The first-order valence-electron chi connectivity index (χ1n) is 3.72. The van der Waals surface area contributed by atoms with Crippen molar-refractivity contribution in [2.45, 2.75) is 6.92 Å². The third kappa shape index (κ3) is 2.32. The van der Waals surface area contributed by atoms with E-state index in [0.29, 0.717) is 12.4 Å². The monoisotopic (exact) mass is 201 g/mol. The van der Waals surface area contributed by atoms with Crippen molar-refractivity contribution in [1.82, 2.24) is 0 Å². The van der Waals surface area contributed by atoms with E-state index >= 15 is 0 Å². The molecule has 0 aliphatic carbocycles. The fourth-order valence-electron chi connectivity index (χ4n) is 0.876. The van der Waals surface area contributed by atoms with Gasteiger partial charge in [-0.25, -0.2) is 0 Å². The van der Waals surface area contributed by atoms with Crippen LogP contribution >= 0.6 is 11.6 Å². The van der Waals surface area contributed by atoms with Crippen LogP contribution < -0.4 is 4.74 Å². The van der Waals surface area contributed by atoms with Crippen molar-refractivity contribution >= 4 is 17.3 Å². The SMILES string of the molecule is CCOc1ccc([N+](=O)[O-])cc1Cl. The number of benzene rings is 1. The third-order valence-electron chi connectivity index (χ3n) is 1.43. The molecule has 0 aliphatic rings. The first kappa shape index (κ1) is 9.80. The lowest BCUT2D eigenvalue weighted by atomic mass is 10.3.